The third kappa shape index (κ3) is 3.20. The van der Waals surface area contributed by atoms with E-state index in [-0.39, 0.29) is 17.0 Å². The monoisotopic (exact) mass is 400 g/mol. The number of alkyl halides is 1. The van der Waals surface area contributed by atoms with Gasteiger partial charge in [-0.05, 0) is 13.0 Å². The quantitative estimate of drug-likeness (QED) is 0.282. The number of nitrogens with zero attached hydrogens (tertiary/aromatic N) is 4. The fourth-order valence-corrected chi connectivity index (χ4v) is 2.93. The number of hydrogen-bond donors (Lipinski definition) is 0. The van der Waals surface area contributed by atoms with Gasteiger partial charge in [0.1, 0.15) is 11.6 Å². The van der Waals surface area contributed by atoms with Gasteiger partial charge in [-0.2, -0.15) is 0 Å². The maximum Gasteiger partial charge on any atom is 0.270 e. The summed E-state index contributed by atoms with van der Waals surface area (Å²) in [5.41, 5.74) is 1.05. The van der Waals surface area contributed by atoms with Gasteiger partial charge < -0.3 is 0 Å². The minimum atomic E-state index is -0.518. The zero-order valence-electron chi connectivity index (χ0n) is 13.2. The molecule has 25 heavy (non-hydrogen) atoms. The van der Waals surface area contributed by atoms with E-state index in [1.807, 2.05) is 0 Å². The summed E-state index contributed by atoms with van der Waals surface area (Å²) in [5, 5.41) is 19.7. The summed E-state index contributed by atoms with van der Waals surface area (Å²) in [4.78, 5) is 23.6. The molecule has 2 aromatic carbocycles. The van der Waals surface area contributed by atoms with Crippen LogP contribution in [0.3, 0.4) is 0 Å². The van der Waals surface area contributed by atoms with Crippen molar-refractivity contribution in [1.82, 2.24) is 14.8 Å². The summed E-state index contributed by atoms with van der Waals surface area (Å²) in [6.45, 7) is 1.76. The van der Waals surface area contributed by atoms with Crippen LogP contribution in [0.15, 0.2) is 48.5 Å². The van der Waals surface area contributed by atoms with Gasteiger partial charge in [0, 0.05) is 17.7 Å². The second-order valence-corrected chi connectivity index (χ2v) is 5.85. The summed E-state index contributed by atoms with van der Waals surface area (Å²) < 4.78 is 1.72. The van der Waals surface area contributed by atoms with Gasteiger partial charge in [-0.15, -0.1) is 10.2 Å². The minimum Gasteiger partial charge on any atom is -0.289 e. The lowest BCUT2D eigenvalue weighted by Gasteiger charge is -2.12. The first kappa shape index (κ1) is 17.0. The summed E-state index contributed by atoms with van der Waals surface area (Å²) >= 11 is 3.35. The predicted octanol–water partition coefficient (Wildman–Crippen LogP) is 3.61. The number of aromatic nitrogens is 3. The number of benzene rings is 2. The predicted molar refractivity (Wildman–Crippen MR) is 95.3 cm³/mol. The topological polar surface area (TPSA) is 90.9 Å². The van der Waals surface area contributed by atoms with Crippen LogP contribution < -0.4 is 0 Å². The first-order chi connectivity index (χ1) is 12.0. The molecule has 3 rings (SSSR count). The molecule has 0 aliphatic carbocycles. The van der Waals surface area contributed by atoms with Gasteiger partial charge in [-0.25, -0.2) is 0 Å². The Labute approximate surface area is 151 Å². The highest BCUT2D eigenvalue weighted by Gasteiger charge is 2.22. The van der Waals surface area contributed by atoms with E-state index in [9.17, 15) is 14.9 Å². The number of rotatable bonds is 5. The van der Waals surface area contributed by atoms with Crippen LogP contribution in [-0.4, -0.2) is 25.5 Å². The average molecular weight is 401 g/mol. The summed E-state index contributed by atoms with van der Waals surface area (Å²) in [6, 6.07) is 12.9. The number of hydrogen-bond acceptors (Lipinski definition) is 5. The van der Waals surface area contributed by atoms with Crippen LogP contribution in [0.4, 0.5) is 5.69 Å². The van der Waals surface area contributed by atoms with E-state index in [0.29, 0.717) is 28.2 Å². The van der Waals surface area contributed by atoms with Gasteiger partial charge in [-0.3, -0.25) is 19.5 Å². The summed E-state index contributed by atoms with van der Waals surface area (Å²) in [5.74, 6) is 0.895. The van der Waals surface area contributed by atoms with Crippen LogP contribution in [0.1, 0.15) is 27.6 Å². The molecule has 0 N–H and O–H groups in total. The minimum absolute atomic E-state index is 0.144. The van der Waals surface area contributed by atoms with Crippen molar-refractivity contribution in [1.29, 1.82) is 0 Å². The summed E-state index contributed by atoms with van der Waals surface area (Å²) in [7, 11) is 0. The van der Waals surface area contributed by atoms with Crippen molar-refractivity contribution < 1.29 is 9.72 Å². The second kappa shape index (κ2) is 6.94. The largest absolute Gasteiger partial charge is 0.289 e. The van der Waals surface area contributed by atoms with Crippen LogP contribution in [-0.2, 0) is 5.33 Å². The third-order valence-corrected chi connectivity index (χ3v) is 4.23. The lowest BCUT2D eigenvalue weighted by Crippen LogP contribution is -2.11. The fraction of sp³-hybridized carbons (Fsp3) is 0.118. The van der Waals surface area contributed by atoms with E-state index < -0.39 is 4.92 Å². The molecule has 3 aromatic rings. The number of nitro benzene ring substituents is 1. The SMILES string of the molecule is Cc1nnc(CBr)n1-c1ccc([N+](=O)[O-])cc1C(=O)c1ccccc1. The molecule has 0 aliphatic heterocycles. The molecule has 0 amide bonds. The van der Waals surface area contributed by atoms with Gasteiger partial charge >= 0.3 is 0 Å². The van der Waals surface area contributed by atoms with E-state index in [0.717, 1.165) is 0 Å². The van der Waals surface area contributed by atoms with Crippen molar-refractivity contribution in [3.8, 4) is 5.69 Å². The number of carbonyl (C=O) groups is 1. The van der Waals surface area contributed by atoms with Gasteiger partial charge in [-0.1, -0.05) is 46.3 Å². The van der Waals surface area contributed by atoms with Crippen molar-refractivity contribution >= 4 is 27.4 Å². The van der Waals surface area contributed by atoms with Gasteiger partial charge in [0.05, 0.1) is 21.5 Å². The van der Waals surface area contributed by atoms with Crippen LogP contribution in [0, 0.1) is 17.0 Å². The Morgan fingerprint density at radius 2 is 1.92 bits per heavy atom. The van der Waals surface area contributed by atoms with Crippen molar-refractivity contribution in [3.63, 3.8) is 0 Å². The molecular formula is C17H13BrN4O3. The van der Waals surface area contributed by atoms with Gasteiger partial charge in [0.2, 0.25) is 0 Å². The summed E-state index contributed by atoms with van der Waals surface area (Å²) in [6.07, 6.45) is 0. The lowest BCUT2D eigenvalue weighted by atomic mass is 10.0. The van der Waals surface area contributed by atoms with E-state index in [4.69, 9.17) is 0 Å². The number of carbonyl (C=O) groups excluding carboxylic acids is 1. The third-order valence-electron chi connectivity index (χ3n) is 3.72. The molecule has 0 aliphatic rings. The van der Waals surface area contributed by atoms with Crippen molar-refractivity contribution in [3.05, 3.63) is 81.4 Å². The Kier molecular flexibility index (Phi) is 4.71. The molecule has 0 atom stereocenters. The van der Waals surface area contributed by atoms with Gasteiger partial charge in [0.25, 0.3) is 5.69 Å². The van der Waals surface area contributed by atoms with Crippen molar-refractivity contribution in [2.24, 2.45) is 0 Å². The molecule has 126 valence electrons. The molecule has 0 unspecified atom stereocenters. The van der Waals surface area contributed by atoms with Crippen LogP contribution in [0.25, 0.3) is 5.69 Å². The second-order valence-electron chi connectivity index (χ2n) is 5.29. The van der Waals surface area contributed by atoms with Crippen LogP contribution in [0.5, 0.6) is 0 Å². The van der Waals surface area contributed by atoms with E-state index >= 15 is 0 Å². The highest BCUT2D eigenvalue weighted by Crippen LogP contribution is 2.26. The van der Waals surface area contributed by atoms with E-state index in [2.05, 4.69) is 26.1 Å². The molecule has 1 heterocycles. The van der Waals surface area contributed by atoms with E-state index in [1.165, 1.54) is 12.1 Å². The zero-order valence-corrected chi connectivity index (χ0v) is 14.8. The number of nitro groups is 1. The highest BCUT2D eigenvalue weighted by atomic mass is 79.9. The van der Waals surface area contributed by atoms with Crippen LogP contribution in [0.2, 0.25) is 0 Å². The van der Waals surface area contributed by atoms with Crippen LogP contribution >= 0.6 is 15.9 Å². The van der Waals surface area contributed by atoms with E-state index in [1.54, 1.807) is 47.9 Å². The number of ketones is 1. The fourth-order valence-electron chi connectivity index (χ4n) is 2.57. The molecule has 0 saturated carbocycles. The Balaban J connectivity index is 2.24. The first-order valence-corrected chi connectivity index (χ1v) is 8.50. The zero-order chi connectivity index (χ0) is 18.0. The molecule has 0 radical (unpaired) electrons. The Morgan fingerprint density at radius 1 is 1.20 bits per heavy atom. The molecular weight excluding hydrogens is 388 g/mol. The number of halogens is 1. The molecule has 0 bridgehead atoms. The molecule has 7 nitrogen and oxygen atoms in total. The molecule has 1 aromatic heterocycles. The maximum atomic E-state index is 13.0. The van der Waals surface area contributed by atoms with Crippen molar-refractivity contribution in [2.45, 2.75) is 12.3 Å². The molecule has 8 heteroatoms. The standard InChI is InChI=1S/C17H13BrN4O3/c1-11-19-20-16(10-18)21(11)15-8-7-13(22(24)25)9-14(15)17(23)12-5-3-2-4-6-12/h2-9H,10H2,1H3. The lowest BCUT2D eigenvalue weighted by molar-refractivity contribution is -0.384. The average Bonchev–Trinajstić information content (AvgIpc) is 3.01. The highest BCUT2D eigenvalue weighted by molar-refractivity contribution is 9.08. The normalized spacial score (nSPS) is 10.6. The molecule has 0 saturated heterocycles. The van der Waals surface area contributed by atoms with Crippen molar-refractivity contribution in [2.75, 3.05) is 0 Å². The Morgan fingerprint density at radius 3 is 2.56 bits per heavy atom. The molecule has 0 spiro atoms. The first-order valence-electron chi connectivity index (χ1n) is 7.38. The number of non-ortho nitro benzene ring substituents is 1. The Bertz CT molecular complexity index is 954. The molecule has 0 fully saturated rings. The number of aryl methyl sites for hydroxylation is 1. The Hall–Kier alpha value is -2.87. The van der Waals surface area contributed by atoms with Gasteiger partial charge in [0.15, 0.2) is 5.78 Å². The smallest absolute Gasteiger partial charge is 0.270 e. The maximum absolute atomic E-state index is 13.0.